The Morgan fingerprint density at radius 1 is 1.26 bits per heavy atom. The molecule has 0 bridgehead atoms. The van der Waals surface area contributed by atoms with Crippen molar-refractivity contribution in [3.05, 3.63) is 23.3 Å². The van der Waals surface area contributed by atoms with Crippen LogP contribution in [0.3, 0.4) is 0 Å². The van der Waals surface area contributed by atoms with Crippen LogP contribution in [0.2, 0.25) is 0 Å². The predicted molar refractivity (Wildman–Crippen MR) is 71.8 cm³/mol. The first kappa shape index (κ1) is 14.3. The number of aryl methyl sites for hydroxylation is 2. The maximum absolute atomic E-state index is 12.6. The maximum atomic E-state index is 12.6. The zero-order chi connectivity index (χ0) is 14.0. The number of hydrogen-bond acceptors (Lipinski definition) is 4. The van der Waals surface area contributed by atoms with E-state index in [0.717, 1.165) is 11.1 Å². The summed E-state index contributed by atoms with van der Waals surface area (Å²) in [5.74, 6) is 0.383. The maximum Gasteiger partial charge on any atom is 0.248 e. The second kappa shape index (κ2) is 5.48. The summed E-state index contributed by atoms with van der Waals surface area (Å²) in [5, 5.41) is 0. The minimum Gasteiger partial charge on any atom is -0.495 e. The fraction of sp³-hybridized carbons (Fsp3) is 0.538. The van der Waals surface area contributed by atoms with Gasteiger partial charge in [0.1, 0.15) is 17.4 Å². The minimum atomic E-state index is -3.56. The van der Waals surface area contributed by atoms with Crippen LogP contribution in [0.15, 0.2) is 17.0 Å². The third-order valence-corrected chi connectivity index (χ3v) is 5.17. The van der Waals surface area contributed by atoms with Gasteiger partial charge < -0.3 is 9.47 Å². The molecule has 1 aliphatic rings. The number of nitrogens with zero attached hydrogens (tertiary/aromatic N) is 1. The first-order valence-electron chi connectivity index (χ1n) is 6.20. The number of hydrogen-bond donors (Lipinski definition) is 0. The average Bonchev–Trinajstić information content (AvgIpc) is 2.42. The summed E-state index contributed by atoms with van der Waals surface area (Å²) in [5.41, 5.74) is 1.93. The van der Waals surface area contributed by atoms with Crippen molar-refractivity contribution in [2.24, 2.45) is 0 Å². The highest BCUT2D eigenvalue weighted by Crippen LogP contribution is 2.30. The van der Waals surface area contributed by atoms with Crippen molar-refractivity contribution in [1.82, 2.24) is 4.31 Å². The lowest BCUT2D eigenvalue weighted by molar-refractivity contribution is 0.0312. The van der Waals surface area contributed by atoms with Crippen LogP contribution in [0.5, 0.6) is 5.75 Å². The Balaban J connectivity index is 2.47. The number of methoxy groups -OCH3 is 1. The van der Waals surface area contributed by atoms with Gasteiger partial charge in [0.05, 0.1) is 7.11 Å². The highest BCUT2D eigenvalue weighted by molar-refractivity contribution is 7.89. The fourth-order valence-electron chi connectivity index (χ4n) is 2.03. The van der Waals surface area contributed by atoms with Crippen LogP contribution in [0, 0.1) is 13.8 Å². The van der Waals surface area contributed by atoms with E-state index in [0.29, 0.717) is 25.3 Å². The van der Waals surface area contributed by atoms with E-state index in [2.05, 4.69) is 0 Å². The van der Waals surface area contributed by atoms with E-state index < -0.39 is 10.0 Å². The Kier molecular flexibility index (Phi) is 4.13. The van der Waals surface area contributed by atoms with Crippen LogP contribution in [-0.4, -0.2) is 39.7 Å². The molecule has 19 heavy (non-hydrogen) atoms. The molecule has 0 N–H and O–H groups in total. The van der Waals surface area contributed by atoms with Gasteiger partial charge in [0.15, 0.2) is 0 Å². The van der Waals surface area contributed by atoms with Gasteiger partial charge >= 0.3 is 0 Å². The van der Waals surface area contributed by atoms with Crippen molar-refractivity contribution in [2.75, 3.05) is 27.0 Å². The van der Waals surface area contributed by atoms with E-state index in [4.69, 9.17) is 9.47 Å². The molecule has 0 atom stereocenters. The van der Waals surface area contributed by atoms with Gasteiger partial charge in [-0.2, -0.15) is 4.31 Å². The molecule has 1 aromatic rings. The molecule has 6 heteroatoms. The van der Waals surface area contributed by atoms with Gasteiger partial charge in [-0.25, -0.2) is 8.42 Å². The van der Waals surface area contributed by atoms with Crippen molar-refractivity contribution in [3.8, 4) is 5.75 Å². The smallest absolute Gasteiger partial charge is 0.248 e. The van der Waals surface area contributed by atoms with Gasteiger partial charge in [-0.3, -0.25) is 0 Å². The van der Waals surface area contributed by atoms with Crippen molar-refractivity contribution >= 4 is 10.0 Å². The lowest BCUT2D eigenvalue weighted by Gasteiger charge is -2.26. The van der Waals surface area contributed by atoms with Crippen LogP contribution >= 0.6 is 0 Å². The van der Waals surface area contributed by atoms with E-state index in [9.17, 15) is 8.42 Å². The molecule has 0 radical (unpaired) electrons. The second-order valence-electron chi connectivity index (χ2n) is 4.66. The fourth-order valence-corrected chi connectivity index (χ4v) is 3.61. The highest BCUT2D eigenvalue weighted by Gasteiger charge is 2.29. The first-order chi connectivity index (χ1) is 8.96. The Hall–Kier alpha value is -1.11. The summed E-state index contributed by atoms with van der Waals surface area (Å²) in [6, 6.07) is 3.42. The SMILES string of the molecule is COc1cc(C)c(C)cc1S(=O)(=O)N1CCCOC1. The van der Waals surface area contributed by atoms with Crippen LogP contribution in [0.25, 0.3) is 0 Å². The van der Waals surface area contributed by atoms with Gasteiger partial charge in [-0.05, 0) is 43.5 Å². The highest BCUT2D eigenvalue weighted by atomic mass is 32.2. The molecular weight excluding hydrogens is 266 g/mol. The zero-order valence-corrected chi connectivity index (χ0v) is 12.3. The molecule has 1 aliphatic heterocycles. The van der Waals surface area contributed by atoms with Crippen molar-refractivity contribution < 1.29 is 17.9 Å². The third kappa shape index (κ3) is 2.75. The number of benzene rings is 1. The molecule has 2 rings (SSSR count). The number of rotatable bonds is 3. The Bertz CT molecular complexity index is 562. The van der Waals surface area contributed by atoms with E-state index in [1.165, 1.54) is 11.4 Å². The molecule has 0 saturated carbocycles. The average molecular weight is 285 g/mol. The van der Waals surface area contributed by atoms with Gasteiger partial charge in [0.2, 0.25) is 10.0 Å². The summed E-state index contributed by atoms with van der Waals surface area (Å²) in [4.78, 5) is 0.212. The van der Waals surface area contributed by atoms with Crippen LogP contribution < -0.4 is 4.74 Å². The summed E-state index contributed by atoms with van der Waals surface area (Å²) in [7, 11) is -2.08. The Morgan fingerprint density at radius 3 is 2.53 bits per heavy atom. The molecule has 1 heterocycles. The Labute approximate surface area is 114 Å². The Morgan fingerprint density at radius 2 is 1.95 bits per heavy atom. The van der Waals surface area contributed by atoms with Crippen LogP contribution in [0.1, 0.15) is 17.5 Å². The standard InChI is InChI=1S/C13H19NO4S/c1-10-7-12(17-3)13(8-11(10)2)19(15,16)14-5-4-6-18-9-14/h7-8H,4-6,9H2,1-3H3. The summed E-state index contributed by atoms with van der Waals surface area (Å²) < 4.78 is 37.0. The summed E-state index contributed by atoms with van der Waals surface area (Å²) in [6.45, 7) is 5.02. The summed E-state index contributed by atoms with van der Waals surface area (Å²) >= 11 is 0. The molecular formula is C13H19NO4S. The predicted octanol–water partition coefficient (Wildman–Crippen LogP) is 1.68. The van der Waals surface area contributed by atoms with Crippen LogP contribution in [-0.2, 0) is 14.8 Å². The largest absolute Gasteiger partial charge is 0.495 e. The third-order valence-electron chi connectivity index (χ3n) is 3.33. The molecule has 0 aromatic heterocycles. The molecule has 1 saturated heterocycles. The van der Waals surface area contributed by atoms with Crippen LogP contribution in [0.4, 0.5) is 0 Å². The molecule has 1 fully saturated rings. The molecule has 0 spiro atoms. The molecule has 106 valence electrons. The van der Waals surface area contributed by atoms with Gasteiger partial charge in [0.25, 0.3) is 0 Å². The topological polar surface area (TPSA) is 55.8 Å². The van der Waals surface area contributed by atoms with Crippen molar-refractivity contribution in [1.29, 1.82) is 0 Å². The molecule has 0 unspecified atom stereocenters. The molecule has 5 nitrogen and oxygen atoms in total. The van der Waals surface area contributed by atoms with Crippen molar-refractivity contribution in [2.45, 2.75) is 25.2 Å². The normalized spacial score (nSPS) is 17.4. The van der Waals surface area contributed by atoms with E-state index in [-0.39, 0.29) is 11.6 Å². The van der Waals surface area contributed by atoms with Gasteiger partial charge in [-0.1, -0.05) is 0 Å². The van der Waals surface area contributed by atoms with E-state index >= 15 is 0 Å². The lowest BCUT2D eigenvalue weighted by Crippen LogP contribution is -2.38. The zero-order valence-electron chi connectivity index (χ0n) is 11.5. The second-order valence-corrected chi connectivity index (χ2v) is 6.57. The number of ether oxygens (including phenoxy) is 2. The molecule has 0 amide bonds. The quantitative estimate of drug-likeness (QED) is 0.848. The van der Waals surface area contributed by atoms with E-state index in [1.807, 2.05) is 13.8 Å². The minimum absolute atomic E-state index is 0.110. The lowest BCUT2D eigenvalue weighted by atomic mass is 10.1. The van der Waals surface area contributed by atoms with Crippen molar-refractivity contribution in [3.63, 3.8) is 0 Å². The monoisotopic (exact) mass is 285 g/mol. The molecule has 1 aromatic carbocycles. The van der Waals surface area contributed by atoms with E-state index in [1.54, 1.807) is 12.1 Å². The first-order valence-corrected chi connectivity index (χ1v) is 7.64. The van der Waals surface area contributed by atoms with Gasteiger partial charge in [0, 0.05) is 13.2 Å². The van der Waals surface area contributed by atoms with Gasteiger partial charge in [-0.15, -0.1) is 0 Å². The summed E-state index contributed by atoms with van der Waals surface area (Å²) in [6.07, 6.45) is 0.715. The molecule has 0 aliphatic carbocycles. The number of sulfonamides is 1.